The van der Waals surface area contributed by atoms with Crippen LogP contribution in [-0.4, -0.2) is 34.4 Å². The van der Waals surface area contributed by atoms with Gasteiger partial charge in [-0.15, -0.1) is 0 Å². The number of nitrogens with two attached hydrogens (primary N) is 1. The number of carbonyl (C=O) groups is 2. The van der Waals surface area contributed by atoms with Crippen LogP contribution in [0.1, 0.15) is 35.2 Å². The summed E-state index contributed by atoms with van der Waals surface area (Å²) in [7, 11) is 0. The van der Waals surface area contributed by atoms with Crippen LogP contribution in [0, 0.1) is 5.21 Å². The number of hydrogen-bond donors (Lipinski definition) is 3. The third-order valence-corrected chi connectivity index (χ3v) is 7.11. The van der Waals surface area contributed by atoms with Gasteiger partial charge < -0.3 is 26.3 Å². The smallest absolute Gasteiger partial charge is 0.271 e. The lowest BCUT2D eigenvalue weighted by atomic mass is 9.92. The summed E-state index contributed by atoms with van der Waals surface area (Å²) in [5.74, 6) is -1.01. The van der Waals surface area contributed by atoms with Crippen molar-refractivity contribution in [1.82, 2.24) is 10.2 Å². The van der Waals surface area contributed by atoms with Gasteiger partial charge in [0.2, 0.25) is 11.6 Å². The van der Waals surface area contributed by atoms with Gasteiger partial charge in [0.05, 0.1) is 5.56 Å². The third kappa shape index (κ3) is 3.74. The number of halogens is 1. The molecule has 0 spiro atoms. The lowest BCUT2D eigenvalue weighted by Crippen LogP contribution is -2.55. The minimum Gasteiger partial charge on any atom is -0.618 e. The van der Waals surface area contributed by atoms with E-state index in [4.69, 9.17) is 17.3 Å². The van der Waals surface area contributed by atoms with Crippen LogP contribution in [0.3, 0.4) is 0 Å². The second-order valence-corrected chi connectivity index (χ2v) is 9.28. The molecule has 2 atom stereocenters. The molecule has 0 saturated carbocycles. The van der Waals surface area contributed by atoms with Crippen molar-refractivity contribution >= 4 is 23.4 Å². The summed E-state index contributed by atoms with van der Waals surface area (Å²) in [5.41, 5.74) is 6.71. The molecule has 4 N–H and O–H groups in total. The number of aliphatic hydroxyl groups is 1. The van der Waals surface area contributed by atoms with Gasteiger partial charge in [-0.05, 0) is 47.7 Å². The van der Waals surface area contributed by atoms with Crippen molar-refractivity contribution in [1.29, 1.82) is 0 Å². The van der Waals surface area contributed by atoms with Crippen molar-refractivity contribution < 1.29 is 19.4 Å². The standard InChI is InChI=1S/C26H25ClN4O4/c27-18-10-9-16(14-28)17(13-18)15-29-24(32)22-8-4-11-30(22)25(33)26(34)21-7-2-1-5-19(21)20-6-3-12-31(35)23(20)26/h1-3,5-7,9-10,12-13,22,34H,4,8,11,14-15,28H2,(H,29,32)/t22-,26?/m0/s1. The Morgan fingerprint density at radius 2 is 1.94 bits per heavy atom. The van der Waals surface area contributed by atoms with Crippen LogP contribution in [0.4, 0.5) is 0 Å². The number of nitrogens with one attached hydrogen (secondary N) is 1. The summed E-state index contributed by atoms with van der Waals surface area (Å²) in [6.45, 7) is 0.812. The van der Waals surface area contributed by atoms with E-state index in [2.05, 4.69) is 5.32 Å². The molecule has 2 amide bonds. The average Bonchev–Trinajstić information content (AvgIpc) is 3.45. The van der Waals surface area contributed by atoms with Gasteiger partial charge in [0.25, 0.3) is 11.5 Å². The summed E-state index contributed by atoms with van der Waals surface area (Å²) in [6.07, 6.45) is 2.32. The molecule has 1 unspecified atom stereocenters. The molecule has 3 aromatic rings. The molecule has 35 heavy (non-hydrogen) atoms. The Hall–Kier alpha value is -3.46. The maximum atomic E-state index is 13.9. The molecule has 1 aliphatic carbocycles. The van der Waals surface area contributed by atoms with E-state index < -0.39 is 17.6 Å². The second kappa shape index (κ2) is 8.96. The Kier molecular flexibility index (Phi) is 5.96. The molecule has 0 radical (unpaired) electrons. The first kappa shape index (κ1) is 23.3. The Bertz CT molecular complexity index is 1330. The van der Waals surface area contributed by atoms with Gasteiger partial charge in [-0.25, -0.2) is 0 Å². The predicted molar refractivity (Wildman–Crippen MR) is 130 cm³/mol. The number of nitrogens with zero attached hydrogens (tertiary/aromatic N) is 2. The van der Waals surface area contributed by atoms with E-state index in [-0.39, 0.29) is 18.1 Å². The van der Waals surface area contributed by atoms with E-state index >= 15 is 0 Å². The molecule has 180 valence electrons. The molecule has 2 aliphatic rings. The highest BCUT2D eigenvalue weighted by atomic mass is 35.5. The Labute approximate surface area is 207 Å². The number of carbonyl (C=O) groups excluding carboxylic acids is 2. The van der Waals surface area contributed by atoms with E-state index in [1.165, 1.54) is 11.1 Å². The van der Waals surface area contributed by atoms with E-state index in [0.29, 0.717) is 52.4 Å². The quantitative estimate of drug-likeness (QED) is 0.371. The lowest BCUT2D eigenvalue weighted by molar-refractivity contribution is -0.619. The highest BCUT2D eigenvalue weighted by Gasteiger charge is 2.57. The molecule has 8 nitrogen and oxygen atoms in total. The van der Waals surface area contributed by atoms with E-state index in [1.54, 1.807) is 48.5 Å². The maximum absolute atomic E-state index is 13.9. The molecular formula is C26H25ClN4O4. The zero-order chi connectivity index (χ0) is 24.7. The molecule has 1 saturated heterocycles. The Morgan fingerprint density at radius 1 is 1.17 bits per heavy atom. The van der Waals surface area contributed by atoms with E-state index in [9.17, 15) is 19.9 Å². The van der Waals surface area contributed by atoms with Crippen molar-refractivity contribution in [3.05, 3.63) is 93.4 Å². The van der Waals surface area contributed by atoms with Crippen LogP contribution in [0.5, 0.6) is 0 Å². The normalized spacial score (nSPS) is 20.4. The van der Waals surface area contributed by atoms with Gasteiger partial charge in [0.15, 0.2) is 6.20 Å². The first-order chi connectivity index (χ1) is 16.9. The Balaban J connectivity index is 1.43. The topological polar surface area (TPSA) is 123 Å². The Morgan fingerprint density at radius 3 is 2.74 bits per heavy atom. The van der Waals surface area contributed by atoms with Crippen LogP contribution >= 0.6 is 11.6 Å². The minimum atomic E-state index is -2.18. The van der Waals surface area contributed by atoms with Crippen molar-refractivity contribution in [2.45, 2.75) is 37.6 Å². The highest BCUT2D eigenvalue weighted by Crippen LogP contribution is 2.47. The SMILES string of the molecule is NCc1ccc(Cl)cc1CNC(=O)[C@@H]1CCCN1C(=O)C1(O)c2ccccc2-c2ccc[n+]([O-])c21. The zero-order valence-corrected chi connectivity index (χ0v) is 19.7. The summed E-state index contributed by atoms with van der Waals surface area (Å²) in [4.78, 5) is 28.5. The zero-order valence-electron chi connectivity index (χ0n) is 18.9. The average molecular weight is 493 g/mol. The fraction of sp³-hybridized carbons (Fsp3) is 0.269. The van der Waals surface area contributed by atoms with Crippen LogP contribution in [0.15, 0.2) is 60.8 Å². The number of pyridine rings is 1. The number of benzene rings is 2. The van der Waals surface area contributed by atoms with Gasteiger partial charge in [-0.2, -0.15) is 4.73 Å². The van der Waals surface area contributed by atoms with Gasteiger partial charge in [-0.3, -0.25) is 9.59 Å². The maximum Gasteiger partial charge on any atom is 0.271 e. The number of amides is 2. The number of rotatable bonds is 5. The largest absolute Gasteiger partial charge is 0.618 e. The van der Waals surface area contributed by atoms with E-state index in [1.807, 2.05) is 6.07 Å². The fourth-order valence-corrected chi connectivity index (χ4v) is 5.38. The molecule has 9 heteroatoms. The van der Waals surface area contributed by atoms with E-state index in [0.717, 1.165) is 11.1 Å². The van der Waals surface area contributed by atoms with Gasteiger partial charge in [-0.1, -0.05) is 41.9 Å². The third-order valence-electron chi connectivity index (χ3n) is 6.88. The van der Waals surface area contributed by atoms with Crippen molar-refractivity contribution in [2.24, 2.45) is 5.73 Å². The first-order valence-corrected chi connectivity index (χ1v) is 11.8. The lowest BCUT2D eigenvalue weighted by Gasteiger charge is -2.31. The number of fused-ring (bicyclic) bond motifs is 3. The highest BCUT2D eigenvalue weighted by molar-refractivity contribution is 6.30. The summed E-state index contributed by atoms with van der Waals surface area (Å²) < 4.78 is 0.534. The second-order valence-electron chi connectivity index (χ2n) is 8.84. The molecular weight excluding hydrogens is 468 g/mol. The van der Waals surface area contributed by atoms with Crippen LogP contribution in [0.2, 0.25) is 5.02 Å². The fourth-order valence-electron chi connectivity index (χ4n) is 5.19. The molecule has 2 aromatic carbocycles. The summed E-state index contributed by atoms with van der Waals surface area (Å²) >= 11 is 6.10. The van der Waals surface area contributed by atoms with Gasteiger partial charge in [0, 0.05) is 36.3 Å². The minimum absolute atomic E-state index is 0.0382. The van der Waals surface area contributed by atoms with Crippen LogP contribution in [0.25, 0.3) is 11.1 Å². The van der Waals surface area contributed by atoms with Gasteiger partial charge in [0.1, 0.15) is 6.04 Å². The molecule has 1 fully saturated rings. The number of hydrogen-bond acceptors (Lipinski definition) is 5. The van der Waals surface area contributed by atoms with Crippen LogP contribution < -0.4 is 15.8 Å². The van der Waals surface area contributed by atoms with Crippen LogP contribution in [-0.2, 0) is 28.3 Å². The summed E-state index contributed by atoms with van der Waals surface area (Å²) in [5, 5.41) is 28.0. The molecule has 1 aromatic heterocycles. The molecule has 1 aliphatic heterocycles. The van der Waals surface area contributed by atoms with Crippen molar-refractivity contribution in [3.8, 4) is 11.1 Å². The van der Waals surface area contributed by atoms with Crippen molar-refractivity contribution in [2.75, 3.05) is 6.54 Å². The predicted octanol–water partition coefficient (Wildman–Crippen LogP) is 1.96. The molecule has 5 rings (SSSR count). The molecule has 2 heterocycles. The number of aromatic nitrogens is 1. The molecule has 0 bridgehead atoms. The van der Waals surface area contributed by atoms with Crippen molar-refractivity contribution in [3.63, 3.8) is 0 Å². The van der Waals surface area contributed by atoms with Gasteiger partial charge >= 0.3 is 0 Å². The first-order valence-electron chi connectivity index (χ1n) is 11.5. The monoisotopic (exact) mass is 492 g/mol. The summed E-state index contributed by atoms with van der Waals surface area (Å²) in [6, 6.07) is 14.8. The number of likely N-dealkylation sites (tertiary alicyclic amines) is 1.